The molecule has 1 aromatic carbocycles. The number of carbonyl (C=O) groups is 2. The minimum absolute atomic E-state index is 0.0584. The quantitative estimate of drug-likeness (QED) is 0.836. The van der Waals surface area contributed by atoms with Crippen LogP contribution < -0.4 is 0 Å². The van der Waals surface area contributed by atoms with Crippen molar-refractivity contribution >= 4 is 11.9 Å². The highest BCUT2D eigenvalue weighted by molar-refractivity contribution is 5.88. The van der Waals surface area contributed by atoms with Crippen molar-refractivity contribution in [2.24, 2.45) is 5.92 Å². The van der Waals surface area contributed by atoms with Crippen LogP contribution in [0.4, 0.5) is 0 Å². The molecule has 1 unspecified atom stereocenters. The second-order valence-corrected chi connectivity index (χ2v) is 5.45. The molecule has 1 aliphatic rings. The normalized spacial score (nSPS) is 16.7. The molecule has 2 N–H and O–H groups in total. The van der Waals surface area contributed by atoms with Crippen molar-refractivity contribution in [3.63, 3.8) is 0 Å². The van der Waals surface area contributed by atoms with Crippen LogP contribution in [-0.2, 0) is 22.5 Å². The number of phenols is 1. The fourth-order valence-corrected chi connectivity index (χ4v) is 2.96. The smallest absolute Gasteiger partial charge is 0.356 e. The lowest BCUT2D eigenvalue weighted by atomic mass is 9.95. The Morgan fingerprint density at radius 1 is 1.39 bits per heavy atom. The number of aromatic nitrogens is 2. The SMILES string of the molecule is COC(=O)C1CCn2c(-c3cccc(O)c3)nc(C(=O)O)c2C1. The highest BCUT2D eigenvalue weighted by Gasteiger charge is 2.32. The molecule has 7 heteroatoms. The number of esters is 1. The summed E-state index contributed by atoms with van der Waals surface area (Å²) in [5, 5.41) is 19.0. The summed E-state index contributed by atoms with van der Waals surface area (Å²) in [4.78, 5) is 27.5. The first kappa shape index (κ1) is 15.1. The summed E-state index contributed by atoms with van der Waals surface area (Å²) in [5.41, 5.74) is 1.09. The van der Waals surface area contributed by atoms with Crippen LogP contribution in [0.3, 0.4) is 0 Å². The van der Waals surface area contributed by atoms with Gasteiger partial charge in [0.2, 0.25) is 0 Å². The Bertz CT molecular complexity index is 781. The topological polar surface area (TPSA) is 102 Å². The second kappa shape index (κ2) is 5.75. The molecular weight excluding hydrogens is 300 g/mol. The van der Waals surface area contributed by atoms with Gasteiger partial charge in [0.25, 0.3) is 0 Å². The number of fused-ring (bicyclic) bond motifs is 1. The van der Waals surface area contributed by atoms with Crippen LogP contribution >= 0.6 is 0 Å². The highest BCUT2D eigenvalue weighted by Crippen LogP contribution is 2.31. The average Bonchev–Trinajstić information content (AvgIpc) is 2.93. The molecule has 0 saturated heterocycles. The molecule has 1 aliphatic heterocycles. The third-order valence-corrected chi connectivity index (χ3v) is 4.05. The van der Waals surface area contributed by atoms with Crippen molar-refractivity contribution in [2.75, 3.05) is 7.11 Å². The number of aromatic hydroxyl groups is 1. The molecule has 23 heavy (non-hydrogen) atoms. The first-order valence-electron chi connectivity index (χ1n) is 7.21. The highest BCUT2D eigenvalue weighted by atomic mass is 16.5. The standard InChI is InChI=1S/C16H16N2O5/c1-23-16(22)10-5-6-18-12(8-10)13(15(20)21)17-14(18)9-3-2-4-11(19)7-9/h2-4,7,10,19H,5-6,8H2,1H3,(H,20,21). The maximum absolute atomic E-state index is 11.7. The summed E-state index contributed by atoms with van der Waals surface area (Å²) in [6.07, 6.45) is 0.834. The monoisotopic (exact) mass is 316 g/mol. The van der Waals surface area contributed by atoms with Gasteiger partial charge in [-0.2, -0.15) is 0 Å². The van der Waals surface area contributed by atoms with Crippen LogP contribution in [0.25, 0.3) is 11.4 Å². The van der Waals surface area contributed by atoms with E-state index >= 15 is 0 Å². The summed E-state index contributed by atoms with van der Waals surface area (Å²) < 4.78 is 6.57. The zero-order valence-electron chi connectivity index (χ0n) is 12.5. The van der Waals surface area contributed by atoms with E-state index in [1.807, 2.05) is 0 Å². The maximum atomic E-state index is 11.7. The van der Waals surface area contributed by atoms with Gasteiger partial charge in [-0.3, -0.25) is 4.79 Å². The lowest BCUT2D eigenvalue weighted by molar-refractivity contribution is -0.146. The van der Waals surface area contributed by atoms with Crippen molar-refractivity contribution in [1.29, 1.82) is 0 Å². The molecule has 120 valence electrons. The fraction of sp³-hybridized carbons (Fsp3) is 0.312. The fourth-order valence-electron chi connectivity index (χ4n) is 2.96. The van der Waals surface area contributed by atoms with E-state index in [4.69, 9.17) is 4.74 Å². The Labute approximate surface area is 132 Å². The third-order valence-electron chi connectivity index (χ3n) is 4.05. The molecule has 0 saturated carbocycles. The predicted octanol–water partition coefficient (Wildman–Crippen LogP) is 1.69. The number of hydrogen-bond acceptors (Lipinski definition) is 5. The van der Waals surface area contributed by atoms with Crippen molar-refractivity contribution < 1.29 is 24.5 Å². The van der Waals surface area contributed by atoms with Crippen LogP contribution in [0.5, 0.6) is 5.75 Å². The van der Waals surface area contributed by atoms with Crippen LogP contribution in [0.15, 0.2) is 24.3 Å². The van der Waals surface area contributed by atoms with E-state index in [9.17, 15) is 19.8 Å². The number of imidazole rings is 1. The Balaban J connectivity index is 2.08. The molecule has 0 amide bonds. The van der Waals surface area contributed by atoms with Gasteiger partial charge in [0, 0.05) is 18.5 Å². The Kier molecular flexibility index (Phi) is 3.77. The van der Waals surface area contributed by atoms with Crippen molar-refractivity contribution in [3.8, 4) is 17.1 Å². The number of phenolic OH excluding ortho intramolecular Hbond substituents is 1. The van der Waals surface area contributed by atoms with E-state index in [0.717, 1.165) is 0 Å². The maximum Gasteiger partial charge on any atom is 0.356 e. The van der Waals surface area contributed by atoms with Crippen LogP contribution in [0, 0.1) is 5.92 Å². The largest absolute Gasteiger partial charge is 0.508 e. The zero-order valence-corrected chi connectivity index (χ0v) is 12.5. The number of carbonyl (C=O) groups excluding carboxylic acids is 1. The van der Waals surface area contributed by atoms with Crippen molar-refractivity contribution in [2.45, 2.75) is 19.4 Å². The Morgan fingerprint density at radius 3 is 2.83 bits per heavy atom. The number of aromatic carboxylic acids is 1. The van der Waals surface area contributed by atoms with E-state index in [0.29, 0.717) is 30.0 Å². The van der Waals surface area contributed by atoms with Crippen LogP contribution in [0.2, 0.25) is 0 Å². The summed E-state index contributed by atoms with van der Waals surface area (Å²) >= 11 is 0. The molecular formula is C16H16N2O5. The van der Waals surface area contributed by atoms with Gasteiger partial charge >= 0.3 is 11.9 Å². The number of hydrogen-bond donors (Lipinski definition) is 2. The number of carboxylic acid groups (broad SMARTS) is 1. The van der Waals surface area contributed by atoms with E-state index in [1.165, 1.54) is 19.2 Å². The molecule has 1 aromatic heterocycles. The summed E-state index contributed by atoms with van der Waals surface area (Å²) in [7, 11) is 1.32. The third kappa shape index (κ3) is 2.65. The molecule has 0 spiro atoms. The van der Waals surface area contributed by atoms with Crippen molar-refractivity contribution in [1.82, 2.24) is 9.55 Å². The van der Waals surface area contributed by atoms with Gasteiger partial charge in [-0.15, -0.1) is 0 Å². The zero-order chi connectivity index (χ0) is 16.6. The Morgan fingerprint density at radius 2 is 2.17 bits per heavy atom. The number of rotatable bonds is 3. The average molecular weight is 316 g/mol. The number of carboxylic acids is 1. The minimum Gasteiger partial charge on any atom is -0.508 e. The molecule has 3 rings (SSSR count). The molecule has 0 bridgehead atoms. The summed E-state index contributed by atoms with van der Waals surface area (Å²) in [6, 6.07) is 6.50. The van der Waals surface area contributed by atoms with Crippen molar-refractivity contribution in [3.05, 3.63) is 35.7 Å². The molecule has 0 aliphatic carbocycles. The van der Waals surface area contributed by atoms with Gasteiger partial charge in [0.05, 0.1) is 18.7 Å². The van der Waals surface area contributed by atoms with E-state index in [1.54, 1.807) is 16.7 Å². The lowest BCUT2D eigenvalue weighted by Crippen LogP contribution is -2.27. The summed E-state index contributed by atoms with van der Waals surface area (Å²) in [6.45, 7) is 0.473. The first-order valence-corrected chi connectivity index (χ1v) is 7.21. The van der Waals surface area contributed by atoms with E-state index < -0.39 is 5.97 Å². The number of methoxy groups -OCH3 is 1. The van der Waals surface area contributed by atoms with Gasteiger partial charge in [0.1, 0.15) is 11.6 Å². The van der Waals surface area contributed by atoms with Crippen LogP contribution in [0.1, 0.15) is 22.6 Å². The molecule has 7 nitrogen and oxygen atoms in total. The van der Waals surface area contributed by atoms with Crippen LogP contribution in [-0.4, -0.2) is 38.8 Å². The van der Waals surface area contributed by atoms with Gasteiger partial charge in [-0.25, -0.2) is 9.78 Å². The molecule has 0 fully saturated rings. The minimum atomic E-state index is -1.13. The summed E-state index contributed by atoms with van der Waals surface area (Å²) in [5.74, 6) is -1.27. The second-order valence-electron chi connectivity index (χ2n) is 5.45. The van der Waals surface area contributed by atoms with Gasteiger partial charge in [0.15, 0.2) is 5.69 Å². The number of benzene rings is 1. The number of nitrogens with zero attached hydrogens (tertiary/aromatic N) is 2. The van der Waals surface area contributed by atoms with Gasteiger partial charge in [-0.05, 0) is 18.6 Å². The first-order chi connectivity index (χ1) is 11.0. The Hall–Kier alpha value is -2.83. The van der Waals surface area contributed by atoms with Gasteiger partial charge in [-0.1, -0.05) is 12.1 Å². The molecule has 0 radical (unpaired) electrons. The lowest BCUT2D eigenvalue weighted by Gasteiger charge is -2.23. The molecule has 1 atom stereocenters. The number of ether oxygens (including phenoxy) is 1. The molecule has 2 heterocycles. The molecule has 2 aromatic rings. The van der Waals surface area contributed by atoms with Gasteiger partial charge < -0.3 is 19.5 Å². The van der Waals surface area contributed by atoms with E-state index in [-0.39, 0.29) is 29.8 Å². The predicted molar refractivity (Wildman–Crippen MR) is 80.1 cm³/mol. The van der Waals surface area contributed by atoms with E-state index in [2.05, 4.69) is 4.98 Å².